The number of amides is 1. The maximum Gasteiger partial charge on any atom is 0.232 e. The summed E-state index contributed by atoms with van der Waals surface area (Å²) in [5.41, 5.74) is 2.83. The average molecular weight is 360 g/mol. The van der Waals surface area contributed by atoms with Crippen LogP contribution in [-0.4, -0.2) is 27.1 Å². The zero-order valence-electron chi connectivity index (χ0n) is 14.6. The highest BCUT2D eigenvalue weighted by atomic mass is 32.2. The second kappa shape index (κ2) is 8.67. The molecule has 0 saturated carbocycles. The summed E-state index contributed by atoms with van der Waals surface area (Å²) in [6.45, 7) is 2.77. The monoisotopic (exact) mass is 360 g/mol. The van der Waals surface area contributed by atoms with Crippen molar-refractivity contribution in [2.45, 2.75) is 26.3 Å². The number of hydrogen-bond acceptors (Lipinski definition) is 3. The number of nitrogens with zero attached hydrogens (tertiary/aromatic N) is 1. The third kappa shape index (κ3) is 5.90. The lowest BCUT2D eigenvalue weighted by atomic mass is 10.1. The van der Waals surface area contributed by atoms with Crippen LogP contribution in [0.5, 0.6) is 0 Å². The number of carbonyl (C=O) groups is 1. The van der Waals surface area contributed by atoms with Gasteiger partial charge in [0.1, 0.15) is 0 Å². The minimum absolute atomic E-state index is 0.0789. The lowest BCUT2D eigenvalue weighted by Crippen LogP contribution is -2.32. The van der Waals surface area contributed by atoms with Crippen LogP contribution in [-0.2, 0) is 21.4 Å². The van der Waals surface area contributed by atoms with Gasteiger partial charge in [0.25, 0.3) is 0 Å². The molecule has 0 fully saturated rings. The van der Waals surface area contributed by atoms with E-state index < -0.39 is 10.0 Å². The number of carbonyl (C=O) groups excluding carboxylic acids is 1. The first-order valence-corrected chi connectivity index (χ1v) is 10.1. The van der Waals surface area contributed by atoms with Crippen LogP contribution < -0.4 is 9.62 Å². The number of anilines is 1. The van der Waals surface area contributed by atoms with Gasteiger partial charge in [-0.2, -0.15) is 0 Å². The average Bonchev–Trinajstić information content (AvgIpc) is 2.57. The fourth-order valence-corrected chi connectivity index (χ4v) is 3.52. The Labute approximate surface area is 149 Å². The topological polar surface area (TPSA) is 66.5 Å². The summed E-state index contributed by atoms with van der Waals surface area (Å²) < 4.78 is 25.3. The first-order chi connectivity index (χ1) is 11.9. The molecule has 0 aliphatic heterocycles. The lowest BCUT2D eigenvalue weighted by molar-refractivity contribution is -0.121. The molecule has 6 heteroatoms. The molecule has 2 aromatic rings. The van der Waals surface area contributed by atoms with Gasteiger partial charge in [0, 0.05) is 19.5 Å². The molecule has 0 bridgehead atoms. The smallest absolute Gasteiger partial charge is 0.232 e. The molecule has 0 aromatic heterocycles. The van der Waals surface area contributed by atoms with Crippen molar-refractivity contribution < 1.29 is 13.2 Å². The van der Waals surface area contributed by atoms with Crippen LogP contribution in [0, 0.1) is 6.92 Å². The maximum atomic E-state index is 12.0. The Bertz CT molecular complexity index is 804. The minimum atomic E-state index is -3.38. The number of rotatable bonds is 8. The Morgan fingerprint density at radius 3 is 2.32 bits per heavy atom. The van der Waals surface area contributed by atoms with E-state index in [1.807, 2.05) is 37.3 Å². The first kappa shape index (κ1) is 19.0. The second-order valence-electron chi connectivity index (χ2n) is 5.98. The molecule has 0 unspecified atom stereocenters. The third-order valence-corrected chi connectivity index (χ3v) is 5.14. The predicted octanol–water partition coefficient (Wildman–Crippen LogP) is 2.86. The zero-order chi connectivity index (χ0) is 18.3. The van der Waals surface area contributed by atoms with Gasteiger partial charge in [0.2, 0.25) is 15.9 Å². The van der Waals surface area contributed by atoms with E-state index in [-0.39, 0.29) is 18.9 Å². The van der Waals surface area contributed by atoms with E-state index in [0.717, 1.165) is 11.1 Å². The fraction of sp³-hybridized carbons (Fsp3) is 0.316. The molecular formula is C19H24N2O3S. The van der Waals surface area contributed by atoms with Crippen LogP contribution in [0.3, 0.4) is 0 Å². The van der Waals surface area contributed by atoms with Crippen LogP contribution in [0.2, 0.25) is 0 Å². The summed E-state index contributed by atoms with van der Waals surface area (Å²) in [4.78, 5) is 12.0. The van der Waals surface area contributed by atoms with Crippen molar-refractivity contribution in [1.82, 2.24) is 5.32 Å². The van der Waals surface area contributed by atoms with Gasteiger partial charge in [-0.3, -0.25) is 9.10 Å². The molecule has 0 saturated heterocycles. The largest absolute Gasteiger partial charge is 0.352 e. The zero-order valence-corrected chi connectivity index (χ0v) is 15.4. The van der Waals surface area contributed by atoms with Crippen molar-refractivity contribution in [2.75, 3.05) is 17.1 Å². The molecule has 0 atom stereocenters. The quantitative estimate of drug-likeness (QED) is 0.787. The van der Waals surface area contributed by atoms with Crippen LogP contribution in [0.1, 0.15) is 24.0 Å². The van der Waals surface area contributed by atoms with Gasteiger partial charge in [-0.05, 0) is 36.6 Å². The van der Waals surface area contributed by atoms with E-state index in [9.17, 15) is 13.2 Å². The molecule has 0 spiro atoms. The summed E-state index contributed by atoms with van der Waals surface area (Å²) in [7, 11) is -3.38. The van der Waals surface area contributed by atoms with E-state index in [0.29, 0.717) is 18.7 Å². The van der Waals surface area contributed by atoms with Gasteiger partial charge < -0.3 is 5.32 Å². The molecular weight excluding hydrogens is 336 g/mol. The van der Waals surface area contributed by atoms with Gasteiger partial charge in [0.05, 0.1) is 11.9 Å². The number of aryl methyl sites for hydroxylation is 1. The fourth-order valence-electron chi connectivity index (χ4n) is 2.55. The summed E-state index contributed by atoms with van der Waals surface area (Å²) in [5.74, 6) is -0.0789. The van der Waals surface area contributed by atoms with Crippen molar-refractivity contribution in [1.29, 1.82) is 0 Å². The highest BCUT2D eigenvalue weighted by molar-refractivity contribution is 7.92. The highest BCUT2D eigenvalue weighted by Crippen LogP contribution is 2.17. The van der Waals surface area contributed by atoms with Crippen molar-refractivity contribution in [3.05, 3.63) is 65.7 Å². The van der Waals surface area contributed by atoms with Crippen LogP contribution in [0.15, 0.2) is 54.6 Å². The molecule has 2 aromatic carbocycles. The van der Waals surface area contributed by atoms with E-state index in [1.165, 1.54) is 10.6 Å². The Morgan fingerprint density at radius 2 is 1.68 bits per heavy atom. The summed E-state index contributed by atoms with van der Waals surface area (Å²) in [5, 5.41) is 2.89. The minimum Gasteiger partial charge on any atom is -0.352 e. The van der Waals surface area contributed by atoms with Gasteiger partial charge in [-0.15, -0.1) is 0 Å². The van der Waals surface area contributed by atoms with E-state index >= 15 is 0 Å². The van der Waals surface area contributed by atoms with Crippen molar-refractivity contribution in [3.8, 4) is 0 Å². The molecule has 25 heavy (non-hydrogen) atoms. The third-order valence-electron chi connectivity index (χ3n) is 3.95. The maximum absolute atomic E-state index is 12.0. The van der Waals surface area contributed by atoms with E-state index in [1.54, 1.807) is 24.3 Å². The SMILES string of the molecule is Cc1ccccc1CNC(=O)CCCN(c1ccccc1)S(C)(=O)=O. The molecule has 0 aliphatic carbocycles. The highest BCUT2D eigenvalue weighted by Gasteiger charge is 2.17. The number of para-hydroxylation sites is 1. The summed E-state index contributed by atoms with van der Waals surface area (Å²) in [6.07, 6.45) is 1.92. The first-order valence-electron chi connectivity index (χ1n) is 8.22. The molecule has 5 nitrogen and oxygen atoms in total. The number of benzene rings is 2. The standard InChI is InChI=1S/C19H24N2O3S/c1-16-9-6-7-10-17(16)15-20-19(22)13-8-14-21(25(2,23)24)18-11-4-3-5-12-18/h3-7,9-12H,8,13-15H2,1-2H3,(H,20,22). The number of sulfonamides is 1. The Hall–Kier alpha value is -2.34. The second-order valence-corrected chi connectivity index (χ2v) is 7.88. The Morgan fingerprint density at radius 1 is 1.04 bits per heavy atom. The number of hydrogen-bond donors (Lipinski definition) is 1. The van der Waals surface area contributed by atoms with Gasteiger partial charge in [-0.1, -0.05) is 42.5 Å². The van der Waals surface area contributed by atoms with Gasteiger partial charge in [-0.25, -0.2) is 8.42 Å². The molecule has 0 aliphatic rings. The van der Waals surface area contributed by atoms with Crippen LogP contribution in [0.4, 0.5) is 5.69 Å². The normalized spacial score (nSPS) is 11.1. The summed E-state index contributed by atoms with van der Waals surface area (Å²) in [6, 6.07) is 16.8. The summed E-state index contributed by atoms with van der Waals surface area (Å²) >= 11 is 0. The Kier molecular flexibility index (Phi) is 6.58. The van der Waals surface area contributed by atoms with Crippen molar-refractivity contribution in [2.24, 2.45) is 0 Å². The molecule has 1 N–H and O–H groups in total. The van der Waals surface area contributed by atoms with Crippen LogP contribution >= 0.6 is 0 Å². The van der Waals surface area contributed by atoms with E-state index in [2.05, 4.69) is 5.32 Å². The van der Waals surface area contributed by atoms with E-state index in [4.69, 9.17) is 0 Å². The lowest BCUT2D eigenvalue weighted by Gasteiger charge is -2.22. The Balaban J connectivity index is 1.85. The molecule has 1 amide bonds. The molecule has 134 valence electrons. The van der Waals surface area contributed by atoms with Gasteiger partial charge in [0.15, 0.2) is 0 Å². The van der Waals surface area contributed by atoms with Crippen LogP contribution in [0.25, 0.3) is 0 Å². The van der Waals surface area contributed by atoms with Crippen molar-refractivity contribution in [3.63, 3.8) is 0 Å². The predicted molar refractivity (Wildman–Crippen MR) is 101 cm³/mol. The van der Waals surface area contributed by atoms with Crippen molar-refractivity contribution >= 4 is 21.6 Å². The molecule has 0 radical (unpaired) electrons. The molecule has 2 rings (SSSR count). The van der Waals surface area contributed by atoms with Gasteiger partial charge >= 0.3 is 0 Å². The molecule has 0 heterocycles. The number of nitrogens with one attached hydrogen (secondary N) is 1.